The highest BCUT2D eigenvalue weighted by molar-refractivity contribution is 6.38. The molecule has 0 saturated heterocycles. The monoisotopic (exact) mass is 484 g/mol. The van der Waals surface area contributed by atoms with E-state index in [4.69, 9.17) is 10.5 Å². The minimum absolute atomic E-state index is 0.00170. The third kappa shape index (κ3) is 5.96. The molecule has 2 N–H and O–H groups in total. The van der Waals surface area contributed by atoms with Crippen LogP contribution in [0, 0.1) is 0 Å². The highest BCUT2D eigenvalue weighted by atomic mass is 16.5. The number of nitrogens with zero attached hydrogens (tertiary/aromatic N) is 3. The Bertz CT molecular complexity index is 1190. The molecule has 1 heterocycles. The molecule has 0 aromatic heterocycles. The van der Waals surface area contributed by atoms with Gasteiger partial charge in [-0.15, -0.1) is 0 Å². The fraction of sp³-hybridized carbons (Fsp3) is 0.214. The Morgan fingerprint density at radius 1 is 0.917 bits per heavy atom. The van der Waals surface area contributed by atoms with Crippen LogP contribution in [0.1, 0.15) is 24.5 Å². The Labute approximate surface area is 210 Å². The fourth-order valence-electron chi connectivity index (χ4n) is 4.03. The van der Waals surface area contributed by atoms with E-state index in [1.807, 2.05) is 66.7 Å². The van der Waals surface area contributed by atoms with Gasteiger partial charge in [-0.2, -0.15) is 5.10 Å². The number of amides is 2. The molecule has 8 nitrogen and oxygen atoms in total. The maximum Gasteiger partial charge on any atom is 0.355 e. The molecule has 3 aromatic carbocycles. The summed E-state index contributed by atoms with van der Waals surface area (Å²) in [4.78, 5) is 40.0. The Kier molecular flexibility index (Phi) is 7.75. The summed E-state index contributed by atoms with van der Waals surface area (Å²) in [6, 6.07) is 27.4. The summed E-state index contributed by atoms with van der Waals surface area (Å²) in [5.41, 5.74) is 8.15. The van der Waals surface area contributed by atoms with E-state index in [2.05, 4.69) is 5.10 Å². The Morgan fingerprint density at radius 2 is 1.42 bits per heavy atom. The summed E-state index contributed by atoms with van der Waals surface area (Å²) in [7, 11) is 0. The SMILES string of the molecule is CC(OC(=O)C1=NN(c2ccccc2)C(C(N)=O)C1)C(=O)N(Cc1ccccc1)Cc1ccccc1. The van der Waals surface area contributed by atoms with Gasteiger partial charge in [-0.1, -0.05) is 78.9 Å². The molecule has 2 amide bonds. The van der Waals surface area contributed by atoms with Crippen molar-refractivity contribution in [3.05, 3.63) is 102 Å². The van der Waals surface area contributed by atoms with Crippen molar-refractivity contribution in [1.82, 2.24) is 4.90 Å². The van der Waals surface area contributed by atoms with Gasteiger partial charge in [-0.3, -0.25) is 14.6 Å². The van der Waals surface area contributed by atoms with Gasteiger partial charge in [0.05, 0.1) is 5.69 Å². The average molecular weight is 485 g/mol. The number of nitrogens with two attached hydrogens (primary N) is 1. The third-order valence-corrected chi connectivity index (χ3v) is 5.87. The second-order valence-electron chi connectivity index (χ2n) is 8.56. The molecule has 1 aliphatic heterocycles. The maximum atomic E-state index is 13.4. The summed E-state index contributed by atoms with van der Waals surface area (Å²) < 4.78 is 5.53. The van der Waals surface area contributed by atoms with Crippen molar-refractivity contribution in [2.24, 2.45) is 10.8 Å². The van der Waals surface area contributed by atoms with Gasteiger partial charge in [0.25, 0.3) is 5.91 Å². The molecule has 0 radical (unpaired) electrons. The summed E-state index contributed by atoms with van der Waals surface area (Å²) >= 11 is 0. The van der Waals surface area contributed by atoms with E-state index in [0.717, 1.165) is 11.1 Å². The topological polar surface area (TPSA) is 105 Å². The largest absolute Gasteiger partial charge is 0.448 e. The number of benzene rings is 3. The molecule has 1 aliphatic rings. The van der Waals surface area contributed by atoms with E-state index >= 15 is 0 Å². The molecule has 2 atom stereocenters. The first-order valence-corrected chi connectivity index (χ1v) is 11.7. The zero-order valence-electron chi connectivity index (χ0n) is 20.0. The number of para-hydroxylation sites is 1. The Hall–Kier alpha value is -4.46. The lowest BCUT2D eigenvalue weighted by atomic mass is 10.1. The molecule has 4 rings (SSSR count). The van der Waals surface area contributed by atoms with Gasteiger partial charge in [-0.05, 0) is 30.2 Å². The zero-order valence-corrected chi connectivity index (χ0v) is 20.0. The minimum atomic E-state index is -1.05. The third-order valence-electron chi connectivity index (χ3n) is 5.87. The van der Waals surface area contributed by atoms with Crippen molar-refractivity contribution in [2.75, 3.05) is 5.01 Å². The van der Waals surface area contributed by atoms with Gasteiger partial charge in [0.1, 0.15) is 11.8 Å². The molecule has 0 spiro atoms. The van der Waals surface area contributed by atoms with Gasteiger partial charge in [-0.25, -0.2) is 4.79 Å². The zero-order chi connectivity index (χ0) is 25.5. The molecule has 0 fully saturated rings. The average Bonchev–Trinajstić information content (AvgIpc) is 3.36. The molecule has 3 aromatic rings. The smallest absolute Gasteiger partial charge is 0.355 e. The molecule has 0 saturated carbocycles. The van der Waals surface area contributed by atoms with Crippen molar-refractivity contribution in [3.63, 3.8) is 0 Å². The van der Waals surface area contributed by atoms with E-state index in [1.165, 1.54) is 5.01 Å². The van der Waals surface area contributed by atoms with Crippen molar-refractivity contribution < 1.29 is 19.1 Å². The molecule has 8 heteroatoms. The first-order chi connectivity index (χ1) is 17.4. The summed E-state index contributed by atoms with van der Waals surface area (Å²) in [5, 5.41) is 5.72. The van der Waals surface area contributed by atoms with Crippen LogP contribution in [0.15, 0.2) is 96.1 Å². The molecule has 0 aliphatic carbocycles. The Morgan fingerprint density at radius 3 is 1.92 bits per heavy atom. The molecule has 184 valence electrons. The number of rotatable bonds is 9. The Balaban J connectivity index is 1.48. The van der Waals surface area contributed by atoms with Gasteiger partial charge in [0.15, 0.2) is 6.10 Å². The van der Waals surface area contributed by atoms with Crippen LogP contribution in [0.5, 0.6) is 0 Å². The van der Waals surface area contributed by atoms with Crippen LogP contribution in [-0.4, -0.2) is 40.5 Å². The van der Waals surface area contributed by atoms with Crippen LogP contribution in [-0.2, 0) is 32.2 Å². The highest BCUT2D eigenvalue weighted by Gasteiger charge is 2.37. The van der Waals surface area contributed by atoms with Crippen LogP contribution in [0.3, 0.4) is 0 Å². The van der Waals surface area contributed by atoms with Gasteiger partial charge in [0, 0.05) is 19.5 Å². The maximum absolute atomic E-state index is 13.4. The lowest BCUT2D eigenvalue weighted by Gasteiger charge is -2.26. The fourth-order valence-corrected chi connectivity index (χ4v) is 4.03. The van der Waals surface area contributed by atoms with Gasteiger partial charge < -0.3 is 15.4 Å². The van der Waals surface area contributed by atoms with Crippen molar-refractivity contribution in [3.8, 4) is 0 Å². The van der Waals surface area contributed by atoms with E-state index in [1.54, 1.807) is 36.1 Å². The summed E-state index contributed by atoms with van der Waals surface area (Å²) in [5.74, 6) is -1.69. The van der Waals surface area contributed by atoms with Crippen molar-refractivity contribution >= 4 is 29.2 Å². The van der Waals surface area contributed by atoms with E-state index < -0.39 is 24.0 Å². The molecular formula is C28H28N4O4. The predicted octanol–water partition coefficient (Wildman–Crippen LogP) is 3.27. The van der Waals surface area contributed by atoms with Gasteiger partial charge in [0.2, 0.25) is 5.91 Å². The first-order valence-electron chi connectivity index (χ1n) is 11.7. The number of hydrazone groups is 1. The minimum Gasteiger partial charge on any atom is -0.448 e. The molecule has 0 bridgehead atoms. The molecular weight excluding hydrogens is 456 g/mol. The van der Waals surface area contributed by atoms with E-state index in [9.17, 15) is 14.4 Å². The number of primary amides is 1. The number of carbonyl (C=O) groups is 3. The van der Waals surface area contributed by atoms with Crippen molar-refractivity contribution in [1.29, 1.82) is 0 Å². The predicted molar refractivity (Wildman–Crippen MR) is 137 cm³/mol. The lowest BCUT2D eigenvalue weighted by Crippen LogP contribution is -2.41. The van der Waals surface area contributed by atoms with Crippen LogP contribution in [0.2, 0.25) is 0 Å². The molecule has 2 unspecified atom stereocenters. The number of esters is 1. The van der Waals surface area contributed by atoms with Gasteiger partial charge >= 0.3 is 5.97 Å². The normalized spacial score (nSPS) is 15.6. The number of ether oxygens (including phenoxy) is 1. The summed E-state index contributed by atoms with van der Waals surface area (Å²) in [6.07, 6.45) is -1.05. The number of carbonyl (C=O) groups excluding carboxylic acids is 3. The van der Waals surface area contributed by atoms with Crippen LogP contribution >= 0.6 is 0 Å². The van der Waals surface area contributed by atoms with Crippen LogP contribution in [0.25, 0.3) is 0 Å². The van der Waals surface area contributed by atoms with Crippen LogP contribution in [0.4, 0.5) is 5.69 Å². The second-order valence-corrected chi connectivity index (χ2v) is 8.56. The number of hydrogen-bond acceptors (Lipinski definition) is 6. The second kappa shape index (κ2) is 11.3. The van der Waals surface area contributed by atoms with Crippen LogP contribution < -0.4 is 10.7 Å². The number of anilines is 1. The lowest BCUT2D eigenvalue weighted by molar-refractivity contribution is -0.154. The standard InChI is InChI=1S/C28H28N4O4/c1-20(27(34)31(18-21-11-5-2-6-12-21)19-22-13-7-3-8-14-22)36-28(35)24-17-25(26(29)33)32(30-24)23-15-9-4-10-16-23/h2-16,20,25H,17-19H2,1H3,(H2,29,33). The highest BCUT2D eigenvalue weighted by Crippen LogP contribution is 2.25. The number of hydrogen-bond donors (Lipinski definition) is 1. The molecule has 36 heavy (non-hydrogen) atoms. The quantitative estimate of drug-likeness (QED) is 0.470. The van der Waals surface area contributed by atoms with Crippen molar-refractivity contribution in [2.45, 2.75) is 38.6 Å². The summed E-state index contributed by atoms with van der Waals surface area (Å²) in [6.45, 7) is 2.27. The first kappa shape index (κ1) is 24.7. The van der Waals surface area contributed by atoms with E-state index in [0.29, 0.717) is 18.8 Å². The van der Waals surface area contributed by atoms with E-state index in [-0.39, 0.29) is 18.0 Å².